The average molecular weight is 350 g/mol. The lowest BCUT2D eigenvalue weighted by Crippen LogP contribution is -2.10. The average Bonchev–Trinajstić information content (AvgIpc) is 2.74. The third kappa shape index (κ3) is 2.53. The van der Waals surface area contributed by atoms with Gasteiger partial charge in [0.15, 0.2) is 0 Å². The molecular formula is C11H9ClINS. The predicted molar refractivity (Wildman–Crippen MR) is 74.5 cm³/mol. The van der Waals surface area contributed by atoms with E-state index in [1.54, 1.807) is 11.3 Å². The molecule has 0 aliphatic rings. The molecule has 0 saturated heterocycles. The Hall–Kier alpha value is -0.100. The highest BCUT2D eigenvalue weighted by Gasteiger charge is 2.10. The highest BCUT2D eigenvalue weighted by molar-refractivity contribution is 14.1. The maximum absolute atomic E-state index is 6.13. The second kappa shape index (κ2) is 4.82. The van der Waals surface area contributed by atoms with E-state index in [1.807, 2.05) is 35.7 Å². The minimum atomic E-state index is -0.0699. The van der Waals surface area contributed by atoms with Crippen LogP contribution in [0.3, 0.4) is 0 Å². The number of hydrogen-bond donors (Lipinski definition) is 1. The quantitative estimate of drug-likeness (QED) is 0.813. The molecule has 1 nitrogen and oxygen atoms in total. The fourth-order valence-electron chi connectivity index (χ4n) is 1.34. The van der Waals surface area contributed by atoms with Crippen LogP contribution in [0.25, 0.3) is 0 Å². The van der Waals surface area contributed by atoms with Gasteiger partial charge in [-0.25, -0.2) is 0 Å². The van der Waals surface area contributed by atoms with Gasteiger partial charge in [-0.15, -0.1) is 11.3 Å². The minimum Gasteiger partial charge on any atom is -0.320 e. The number of nitrogens with two attached hydrogens (primary N) is 1. The number of thiophene rings is 1. The zero-order chi connectivity index (χ0) is 10.8. The molecule has 78 valence electrons. The molecule has 0 amide bonds. The predicted octanol–water partition coefficient (Wildman–Crippen LogP) is 4.05. The van der Waals surface area contributed by atoms with Crippen molar-refractivity contribution in [3.8, 4) is 0 Å². The zero-order valence-corrected chi connectivity index (χ0v) is 11.5. The Balaban J connectivity index is 2.34. The van der Waals surface area contributed by atoms with Crippen LogP contribution in [-0.2, 0) is 0 Å². The van der Waals surface area contributed by atoms with Gasteiger partial charge in [0.25, 0.3) is 0 Å². The van der Waals surface area contributed by atoms with Crippen molar-refractivity contribution in [3.05, 3.63) is 54.7 Å². The molecule has 0 spiro atoms. The molecular weight excluding hydrogens is 341 g/mol. The molecule has 0 aliphatic carbocycles. The van der Waals surface area contributed by atoms with Crippen molar-refractivity contribution in [3.63, 3.8) is 0 Å². The van der Waals surface area contributed by atoms with E-state index in [0.717, 1.165) is 19.0 Å². The summed E-state index contributed by atoms with van der Waals surface area (Å²) in [6.45, 7) is 0. The largest absolute Gasteiger partial charge is 0.320 e. The van der Waals surface area contributed by atoms with Gasteiger partial charge in [0.1, 0.15) is 0 Å². The Labute approximate surface area is 111 Å². The van der Waals surface area contributed by atoms with Crippen molar-refractivity contribution in [1.82, 2.24) is 0 Å². The van der Waals surface area contributed by atoms with E-state index < -0.39 is 0 Å². The van der Waals surface area contributed by atoms with Crippen molar-refractivity contribution >= 4 is 45.5 Å². The summed E-state index contributed by atoms with van der Waals surface area (Å²) in [4.78, 5) is 1.16. The highest BCUT2D eigenvalue weighted by Crippen LogP contribution is 2.27. The normalized spacial score (nSPS) is 12.7. The van der Waals surface area contributed by atoms with Crippen LogP contribution >= 0.6 is 45.5 Å². The number of halogens is 2. The van der Waals surface area contributed by atoms with Crippen LogP contribution in [0.15, 0.2) is 35.7 Å². The van der Waals surface area contributed by atoms with Crippen LogP contribution in [0.4, 0.5) is 0 Å². The Morgan fingerprint density at radius 1 is 1.33 bits per heavy atom. The van der Waals surface area contributed by atoms with E-state index >= 15 is 0 Å². The first-order valence-corrected chi connectivity index (χ1v) is 6.76. The van der Waals surface area contributed by atoms with Gasteiger partial charge in [-0.1, -0.05) is 23.7 Å². The van der Waals surface area contributed by atoms with E-state index in [0.29, 0.717) is 0 Å². The topological polar surface area (TPSA) is 26.0 Å². The first-order chi connectivity index (χ1) is 7.18. The molecule has 1 aromatic heterocycles. The smallest absolute Gasteiger partial charge is 0.0646 e. The van der Waals surface area contributed by atoms with Crippen LogP contribution in [0.5, 0.6) is 0 Å². The standard InChI is InChI=1S/C11H9ClINS/c12-8-6-7(3-4-9(8)13)11(14)10-2-1-5-15-10/h1-6,11H,14H2. The van der Waals surface area contributed by atoms with Gasteiger partial charge in [-0.05, 0) is 51.7 Å². The van der Waals surface area contributed by atoms with Crippen molar-refractivity contribution < 1.29 is 0 Å². The SMILES string of the molecule is NC(c1ccc(I)c(Cl)c1)c1cccs1. The number of hydrogen-bond acceptors (Lipinski definition) is 2. The van der Waals surface area contributed by atoms with E-state index in [2.05, 4.69) is 22.6 Å². The minimum absolute atomic E-state index is 0.0699. The molecule has 0 aliphatic heterocycles. The lowest BCUT2D eigenvalue weighted by Gasteiger charge is -2.10. The van der Waals surface area contributed by atoms with E-state index in [1.165, 1.54) is 0 Å². The summed E-state index contributed by atoms with van der Waals surface area (Å²) in [7, 11) is 0. The van der Waals surface area contributed by atoms with Gasteiger partial charge in [-0.3, -0.25) is 0 Å². The molecule has 1 heterocycles. The molecule has 0 radical (unpaired) electrons. The Morgan fingerprint density at radius 3 is 2.73 bits per heavy atom. The van der Waals surface area contributed by atoms with Crippen molar-refractivity contribution in [2.75, 3.05) is 0 Å². The molecule has 2 N–H and O–H groups in total. The second-order valence-corrected chi connectivity index (χ2v) is 5.72. The fourth-order valence-corrected chi connectivity index (χ4v) is 2.62. The molecule has 1 aromatic carbocycles. The summed E-state index contributed by atoms with van der Waals surface area (Å²) < 4.78 is 1.05. The van der Waals surface area contributed by atoms with E-state index in [-0.39, 0.29) is 6.04 Å². The van der Waals surface area contributed by atoms with Crippen LogP contribution in [0.2, 0.25) is 5.02 Å². The van der Waals surface area contributed by atoms with Crippen LogP contribution < -0.4 is 5.73 Å². The Kier molecular flexibility index (Phi) is 3.66. The first kappa shape index (κ1) is 11.4. The van der Waals surface area contributed by atoms with Crippen LogP contribution in [-0.4, -0.2) is 0 Å². The maximum Gasteiger partial charge on any atom is 0.0646 e. The van der Waals surface area contributed by atoms with E-state index in [4.69, 9.17) is 17.3 Å². The molecule has 2 rings (SSSR count). The molecule has 2 aromatic rings. The van der Waals surface area contributed by atoms with E-state index in [9.17, 15) is 0 Å². The maximum atomic E-state index is 6.13. The summed E-state index contributed by atoms with van der Waals surface area (Å²) in [6.07, 6.45) is 0. The summed E-state index contributed by atoms with van der Waals surface area (Å²) in [5.41, 5.74) is 7.19. The van der Waals surface area contributed by atoms with Gasteiger partial charge >= 0.3 is 0 Å². The molecule has 0 bridgehead atoms. The van der Waals surface area contributed by atoms with Crippen LogP contribution in [0, 0.1) is 3.57 Å². The van der Waals surface area contributed by atoms with Crippen molar-refractivity contribution in [2.45, 2.75) is 6.04 Å². The number of benzene rings is 1. The summed E-state index contributed by atoms with van der Waals surface area (Å²) in [5, 5.41) is 2.80. The summed E-state index contributed by atoms with van der Waals surface area (Å²) >= 11 is 9.93. The third-order valence-corrected chi connectivity index (χ3v) is 4.68. The van der Waals surface area contributed by atoms with Gasteiger partial charge in [0.05, 0.1) is 11.1 Å². The van der Waals surface area contributed by atoms with Crippen molar-refractivity contribution in [2.24, 2.45) is 5.73 Å². The Bertz CT molecular complexity index is 456. The van der Waals surface area contributed by atoms with Gasteiger partial charge in [0.2, 0.25) is 0 Å². The molecule has 1 atom stereocenters. The van der Waals surface area contributed by atoms with Crippen molar-refractivity contribution in [1.29, 1.82) is 0 Å². The van der Waals surface area contributed by atoms with Gasteiger partial charge < -0.3 is 5.73 Å². The fraction of sp³-hybridized carbons (Fsp3) is 0.0909. The summed E-state index contributed by atoms with van der Waals surface area (Å²) in [5.74, 6) is 0. The monoisotopic (exact) mass is 349 g/mol. The van der Waals surface area contributed by atoms with Gasteiger partial charge in [-0.2, -0.15) is 0 Å². The Morgan fingerprint density at radius 2 is 2.13 bits per heavy atom. The lowest BCUT2D eigenvalue weighted by atomic mass is 10.1. The van der Waals surface area contributed by atoms with Gasteiger partial charge in [0, 0.05) is 8.45 Å². The lowest BCUT2D eigenvalue weighted by molar-refractivity contribution is 0.893. The molecule has 15 heavy (non-hydrogen) atoms. The highest BCUT2D eigenvalue weighted by atomic mass is 127. The third-order valence-electron chi connectivity index (χ3n) is 2.15. The zero-order valence-electron chi connectivity index (χ0n) is 7.78. The second-order valence-electron chi connectivity index (χ2n) is 3.17. The first-order valence-electron chi connectivity index (χ1n) is 4.42. The summed E-state index contributed by atoms with van der Waals surface area (Å²) in [6, 6.07) is 9.94. The molecule has 0 fully saturated rings. The van der Waals surface area contributed by atoms with Crippen LogP contribution in [0.1, 0.15) is 16.5 Å². The molecule has 1 unspecified atom stereocenters. The number of rotatable bonds is 2. The molecule has 4 heteroatoms. The molecule has 0 saturated carbocycles.